The number of carbonyl (C=O) groups is 3. The summed E-state index contributed by atoms with van der Waals surface area (Å²) in [6.45, 7) is 0.222. The maximum atomic E-state index is 13.8. The predicted molar refractivity (Wildman–Crippen MR) is 123 cm³/mol. The molecule has 0 aromatic heterocycles. The van der Waals surface area contributed by atoms with Crippen LogP contribution in [0.5, 0.6) is 5.75 Å². The van der Waals surface area contributed by atoms with Gasteiger partial charge in [0.15, 0.2) is 0 Å². The Morgan fingerprint density at radius 2 is 1.94 bits per heavy atom. The number of hydrogen-bond donors (Lipinski definition) is 3. The highest BCUT2D eigenvalue weighted by Gasteiger charge is 2.39. The van der Waals surface area contributed by atoms with Gasteiger partial charge >= 0.3 is 6.03 Å². The van der Waals surface area contributed by atoms with E-state index in [1.807, 2.05) is 0 Å². The normalized spacial score (nSPS) is 21.8. The Bertz CT molecular complexity index is 1090. The average Bonchev–Trinajstić information content (AvgIpc) is 2.83. The lowest BCUT2D eigenvalue weighted by Crippen LogP contribution is -2.53. The molecule has 1 fully saturated rings. The lowest BCUT2D eigenvalue weighted by Gasteiger charge is -2.42. The first kappa shape index (κ1) is 23.5. The molecule has 34 heavy (non-hydrogen) atoms. The van der Waals surface area contributed by atoms with Crippen LogP contribution in [0, 0.1) is 5.82 Å². The minimum atomic E-state index is -0.638. The van der Waals surface area contributed by atoms with Crippen LogP contribution in [-0.2, 0) is 9.53 Å². The van der Waals surface area contributed by atoms with E-state index < -0.39 is 11.8 Å². The first-order valence-electron chi connectivity index (χ1n) is 11.1. The average molecular weight is 471 g/mol. The van der Waals surface area contributed by atoms with Gasteiger partial charge in [-0.25, -0.2) is 9.18 Å². The number of ether oxygens (including phenoxy) is 2. The molecule has 2 aromatic rings. The molecule has 2 aromatic carbocycles. The number of urea groups is 1. The van der Waals surface area contributed by atoms with Crippen molar-refractivity contribution >= 4 is 29.2 Å². The first-order valence-corrected chi connectivity index (χ1v) is 11.1. The molecule has 0 unspecified atom stereocenters. The molecule has 10 heteroatoms. The highest BCUT2D eigenvalue weighted by Crippen LogP contribution is 2.32. The summed E-state index contributed by atoms with van der Waals surface area (Å²) in [6.07, 6.45) is 0.993. The molecule has 0 radical (unpaired) electrons. The standard InChI is InChI=1S/C24H27FN4O5/c1-26-22(30)12-15-8-9-19-21(34-15)13-33-20-10-7-14(11-16(20)23(31)29(19)2)27-24(32)28-18-6-4-3-5-17(18)25/h3-7,10-11,15,19,21H,8-9,12-13H2,1-2H3,(H,26,30)(H2,27,28,32)/t15-,19-,21+/m0/s1. The molecule has 0 aliphatic carbocycles. The minimum Gasteiger partial charge on any atom is -0.490 e. The van der Waals surface area contributed by atoms with Gasteiger partial charge in [-0.2, -0.15) is 0 Å². The van der Waals surface area contributed by atoms with E-state index in [9.17, 15) is 18.8 Å². The summed E-state index contributed by atoms with van der Waals surface area (Å²) in [5, 5.41) is 7.67. The molecule has 0 bridgehead atoms. The molecule has 3 N–H and O–H groups in total. The monoisotopic (exact) mass is 470 g/mol. The zero-order valence-corrected chi connectivity index (χ0v) is 19.0. The molecular formula is C24H27FN4O5. The highest BCUT2D eigenvalue weighted by atomic mass is 19.1. The number of anilines is 2. The fourth-order valence-electron chi connectivity index (χ4n) is 4.26. The van der Waals surface area contributed by atoms with Crippen molar-refractivity contribution < 1.29 is 28.2 Å². The molecule has 4 amide bonds. The predicted octanol–water partition coefficient (Wildman–Crippen LogP) is 2.99. The van der Waals surface area contributed by atoms with Gasteiger partial charge in [-0.3, -0.25) is 9.59 Å². The fourth-order valence-corrected chi connectivity index (χ4v) is 4.26. The fraction of sp³-hybridized carbons (Fsp3) is 0.375. The van der Waals surface area contributed by atoms with Gasteiger partial charge in [-0.15, -0.1) is 0 Å². The van der Waals surface area contributed by atoms with E-state index in [0.29, 0.717) is 29.8 Å². The van der Waals surface area contributed by atoms with Crippen LogP contribution in [0.3, 0.4) is 0 Å². The summed E-state index contributed by atoms with van der Waals surface area (Å²) >= 11 is 0. The second-order valence-corrected chi connectivity index (χ2v) is 8.32. The van der Waals surface area contributed by atoms with Gasteiger partial charge in [0.05, 0.1) is 29.8 Å². The van der Waals surface area contributed by atoms with Crippen LogP contribution < -0.4 is 20.7 Å². The van der Waals surface area contributed by atoms with Crippen LogP contribution in [0.15, 0.2) is 42.5 Å². The molecule has 180 valence electrons. The van der Waals surface area contributed by atoms with Gasteiger partial charge in [0.2, 0.25) is 5.91 Å². The lowest BCUT2D eigenvalue weighted by molar-refractivity contribution is -0.133. The third-order valence-electron chi connectivity index (χ3n) is 6.08. The largest absolute Gasteiger partial charge is 0.490 e. The summed E-state index contributed by atoms with van der Waals surface area (Å²) in [7, 11) is 3.30. The van der Waals surface area contributed by atoms with E-state index in [2.05, 4.69) is 16.0 Å². The number of halogens is 1. The summed E-state index contributed by atoms with van der Waals surface area (Å²) in [6, 6.07) is 9.72. The molecule has 0 spiro atoms. The number of likely N-dealkylation sites (N-methyl/N-ethyl adjacent to an activating group) is 1. The lowest BCUT2D eigenvalue weighted by atomic mass is 9.94. The van der Waals surface area contributed by atoms with Gasteiger partial charge in [-0.05, 0) is 43.2 Å². The van der Waals surface area contributed by atoms with Crippen molar-refractivity contribution in [1.29, 1.82) is 0 Å². The Hall–Kier alpha value is -3.66. The zero-order valence-electron chi connectivity index (χ0n) is 19.0. The maximum absolute atomic E-state index is 13.8. The number of rotatable bonds is 4. The van der Waals surface area contributed by atoms with Crippen LogP contribution in [0.4, 0.5) is 20.6 Å². The van der Waals surface area contributed by atoms with Crippen LogP contribution in [-0.4, -0.2) is 61.7 Å². The molecule has 0 saturated carbocycles. The summed E-state index contributed by atoms with van der Waals surface area (Å²) in [5.74, 6) is -0.546. The number of benzene rings is 2. The molecule has 4 rings (SSSR count). The third kappa shape index (κ3) is 5.12. The molecule has 2 aliphatic rings. The number of nitrogens with zero attached hydrogens (tertiary/aromatic N) is 1. The van der Waals surface area contributed by atoms with Crippen LogP contribution >= 0.6 is 0 Å². The van der Waals surface area contributed by atoms with E-state index in [4.69, 9.17) is 9.47 Å². The van der Waals surface area contributed by atoms with Crippen molar-refractivity contribution in [3.8, 4) is 5.75 Å². The van der Waals surface area contributed by atoms with E-state index in [1.165, 1.54) is 24.3 Å². The number of carbonyl (C=O) groups excluding carboxylic acids is 3. The van der Waals surface area contributed by atoms with Crippen LogP contribution in [0.25, 0.3) is 0 Å². The Balaban J connectivity index is 1.48. The Labute approximate surface area is 196 Å². The van der Waals surface area contributed by atoms with Crippen molar-refractivity contribution in [2.45, 2.75) is 37.5 Å². The van der Waals surface area contributed by atoms with Crippen molar-refractivity contribution in [3.05, 3.63) is 53.8 Å². The smallest absolute Gasteiger partial charge is 0.323 e. The van der Waals surface area contributed by atoms with Crippen LogP contribution in [0.2, 0.25) is 0 Å². The van der Waals surface area contributed by atoms with Gasteiger partial charge in [0.1, 0.15) is 24.3 Å². The maximum Gasteiger partial charge on any atom is 0.323 e. The SMILES string of the molecule is CNC(=O)C[C@@H]1CC[C@H]2[C@@H](COc3ccc(NC(=O)Nc4ccccc4F)cc3C(=O)N2C)O1. The molecule has 2 heterocycles. The second kappa shape index (κ2) is 10.1. The first-order chi connectivity index (χ1) is 16.4. The van der Waals surface area contributed by atoms with E-state index in [1.54, 1.807) is 37.2 Å². The Morgan fingerprint density at radius 1 is 1.15 bits per heavy atom. The van der Waals surface area contributed by atoms with Gasteiger partial charge in [0, 0.05) is 19.8 Å². The number of nitrogens with one attached hydrogen (secondary N) is 3. The molecule has 3 atom stereocenters. The Morgan fingerprint density at radius 3 is 2.71 bits per heavy atom. The van der Waals surface area contributed by atoms with Crippen LogP contribution in [0.1, 0.15) is 29.6 Å². The number of para-hydroxylation sites is 1. The highest BCUT2D eigenvalue weighted by molar-refractivity contribution is 6.02. The summed E-state index contributed by atoms with van der Waals surface area (Å²) in [5.41, 5.74) is 0.709. The Kier molecular flexibility index (Phi) is 6.97. The van der Waals surface area contributed by atoms with E-state index in [0.717, 1.165) is 0 Å². The minimum absolute atomic E-state index is 0.0449. The van der Waals surface area contributed by atoms with Crippen molar-refractivity contribution in [2.75, 3.05) is 31.3 Å². The van der Waals surface area contributed by atoms with Gasteiger partial charge in [0.25, 0.3) is 5.91 Å². The van der Waals surface area contributed by atoms with Gasteiger partial charge < -0.3 is 30.3 Å². The van der Waals surface area contributed by atoms with Gasteiger partial charge in [-0.1, -0.05) is 12.1 Å². The third-order valence-corrected chi connectivity index (χ3v) is 6.08. The second-order valence-electron chi connectivity index (χ2n) is 8.32. The number of hydrogen-bond acceptors (Lipinski definition) is 5. The molecule has 2 aliphatic heterocycles. The zero-order chi connectivity index (χ0) is 24.2. The topological polar surface area (TPSA) is 109 Å². The van der Waals surface area contributed by atoms with Crippen molar-refractivity contribution in [2.24, 2.45) is 0 Å². The van der Waals surface area contributed by atoms with E-state index in [-0.39, 0.29) is 48.8 Å². The quantitative estimate of drug-likeness (QED) is 0.637. The van der Waals surface area contributed by atoms with Crippen molar-refractivity contribution in [3.63, 3.8) is 0 Å². The number of amides is 4. The molecular weight excluding hydrogens is 443 g/mol. The summed E-state index contributed by atoms with van der Waals surface area (Å²) in [4.78, 5) is 39.0. The molecule has 9 nitrogen and oxygen atoms in total. The van der Waals surface area contributed by atoms with E-state index >= 15 is 0 Å². The molecule has 1 saturated heterocycles. The number of fused-ring (bicyclic) bond motifs is 2. The van der Waals surface area contributed by atoms with Crippen molar-refractivity contribution in [1.82, 2.24) is 10.2 Å². The summed E-state index contributed by atoms with van der Waals surface area (Å²) < 4.78 is 25.8.